The Morgan fingerprint density at radius 1 is 1.53 bits per heavy atom. The Labute approximate surface area is 87.9 Å². The number of anilines is 1. The molecule has 0 aliphatic rings. The summed E-state index contributed by atoms with van der Waals surface area (Å²) in [5, 5.41) is 14.2. The Bertz CT molecular complexity index is 533. The van der Waals surface area contributed by atoms with E-state index in [1.807, 2.05) is 18.2 Å². The van der Waals surface area contributed by atoms with Gasteiger partial charge in [-0.25, -0.2) is 0 Å². The molecule has 2 aromatic rings. The molecule has 0 aliphatic carbocycles. The third-order valence-corrected chi connectivity index (χ3v) is 2.41. The number of nitrogens with two attached hydrogens (primary N) is 1. The summed E-state index contributed by atoms with van der Waals surface area (Å²) >= 11 is 0. The van der Waals surface area contributed by atoms with Crippen molar-refractivity contribution in [3.63, 3.8) is 0 Å². The van der Waals surface area contributed by atoms with Crippen LogP contribution in [0, 0.1) is 11.3 Å². The largest absolute Gasteiger partial charge is 0.399 e. The van der Waals surface area contributed by atoms with Gasteiger partial charge < -0.3 is 5.73 Å². The molecule has 4 nitrogen and oxygen atoms in total. The number of nitrogens with zero attached hydrogens (tertiary/aromatic N) is 3. The summed E-state index contributed by atoms with van der Waals surface area (Å²) in [6.07, 6.45) is 0.860. The second-order valence-electron chi connectivity index (χ2n) is 3.39. The summed E-state index contributed by atoms with van der Waals surface area (Å²) in [6.45, 7) is 2.31. The molecule has 0 spiro atoms. The topological polar surface area (TPSA) is 67.6 Å². The van der Waals surface area contributed by atoms with Crippen molar-refractivity contribution in [3.8, 4) is 6.07 Å². The van der Waals surface area contributed by atoms with Gasteiger partial charge in [0.15, 0.2) is 0 Å². The smallest absolute Gasteiger partial charge is 0.128 e. The van der Waals surface area contributed by atoms with E-state index in [2.05, 4.69) is 18.1 Å². The summed E-state index contributed by atoms with van der Waals surface area (Å²) < 4.78 is 1.70. The molecule has 0 atom stereocenters. The molecule has 0 fully saturated rings. The number of aromatic nitrogens is 2. The monoisotopic (exact) mass is 200 g/mol. The normalized spacial score (nSPS) is 10.4. The first-order valence-electron chi connectivity index (χ1n) is 4.88. The number of nitrogen functional groups attached to an aromatic ring is 1. The lowest BCUT2D eigenvalue weighted by atomic mass is 10.1. The molecule has 0 amide bonds. The van der Waals surface area contributed by atoms with Crippen LogP contribution in [0.3, 0.4) is 0 Å². The fourth-order valence-corrected chi connectivity index (χ4v) is 1.71. The number of nitriles is 1. The van der Waals surface area contributed by atoms with Crippen molar-refractivity contribution in [2.24, 2.45) is 0 Å². The highest BCUT2D eigenvalue weighted by Crippen LogP contribution is 2.21. The zero-order valence-corrected chi connectivity index (χ0v) is 8.57. The number of aryl methyl sites for hydroxylation is 1. The second-order valence-corrected chi connectivity index (χ2v) is 3.39. The van der Waals surface area contributed by atoms with Crippen LogP contribution in [0.2, 0.25) is 0 Å². The molecule has 1 heterocycles. The predicted octanol–water partition coefficient (Wildman–Crippen LogP) is 1.70. The second kappa shape index (κ2) is 3.62. The Balaban J connectivity index is 2.71. The van der Waals surface area contributed by atoms with Gasteiger partial charge in [-0.1, -0.05) is 6.92 Å². The molecule has 76 valence electrons. The SMILES string of the molecule is CCc1nn(CC#N)c2cc(N)ccc12. The highest BCUT2D eigenvalue weighted by molar-refractivity contribution is 5.84. The van der Waals surface area contributed by atoms with Crippen LogP contribution in [0.5, 0.6) is 0 Å². The Morgan fingerprint density at radius 3 is 3.00 bits per heavy atom. The number of benzene rings is 1. The number of rotatable bonds is 2. The van der Waals surface area contributed by atoms with E-state index in [9.17, 15) is 0 Å². The molecule has 0 aliphatic heterocycles. The van der Waals surface area contributed by atoms with E-state index >= 15 is 0 Å². The third-order valence-electron chi connectivity index (χ3n) is 2.41. The van der Waals surface area contributed by atoms with Crippen molar-refractivity contribution in [1.29, 1.82) is 5.26 Å². The van der Waals surface area contributed by atoms with Gasteiger partial charge in [0.05, 0.1) is 17.3 Å². The molecule has 2 rings (SSSR count). The van der Waals surface area contributed by atoms with Gasteiger partial charge in [0.25, 0.3) is 0 Å². The molecule has 2 N–H and O–H groups in total. The van der Waals surface area contributed by atoms with E-state index in [0.717, 1.165) is 23.0 Å². The van der Waals surface area contributed by atoms with Crippen LogP contribution in [-0.2, 0) is 13.0 Å². The van der Waals surface area contributed by atoms with E-state index in [-0.39, 0.29) is 6.54 Å². The predicted molar refractivity (Wildman–Crippen MR) is 59.1 cm³/mol. The lowest BCUT2D eigenvalue weighted by Crippen LogP contribution is -1.98. The number of fused-ring (bicyclic) bond motifs is 1. The average molecular weight is 200 g/mol. The minimum Gasteiger partial charge on any atom is -0.399 e. The van der Waals surface area contributed by atoms with Gasteiger partial charge in [-0.15, -0.1) is 0 Å². The van der Waals surface area contributed by atoms with Crippen LogP contribution < -0.4 is 5.73 Å². The van der Waals surface area contributed by atoms with Crippen LogP contribution >= 0.6 is 0 Å². The van der Waals surface area contributed by atoms with Gasteiger partial charge in [0, 0.05) is 11.1 Å². The molecular weight excluding hydrogens is 188 g/mol. The fraction of sp³-hybridized carbons (Fsp3) is 0.273. The molecule has 0 bridgehead atoms. The minimum atomic E-state index is 0.264. The molecule has 0 saturated heterocycles. The van der Waals surface area contributed by atoms with Gasteiger partial charge in [-0.3, -0.25) is 4.68 Å². The van der Waals surface area contributed by atoms with E-state index in [1.165, 1.54) is 0 Å². The zero-order chi connectivity index (χ0) is 10.8. The molecule has 0 unspecified atom stereocenters. The Morgan fingerprint density at radius 2 is 2.33 bits per heavy atom. The summed E-state index contributed by atoms with van der Waals surface area (Å²) in [5.74, 6) is 0. The first kappa shape index (κ1) is 9.53. The summed E-state index contributed by atoms with van der Waals surface area (Å²) in [7, 11) is 0. The van der Waals surface area contributed by atoms with Crippen molar-refractivity contribution >= 4 is 16.6 Å². The van der Waals surface area contributed by atoms with Crippen LogP contribution in [0.25, 0.3) is 10.9 Å². The van der Waals surface area contributed by atoms with Crippen molar-refractivity contribution in [3.05, 3.63) is 23.9 Å². The van der Waals surface area contributed by atoms with Gasteiger partial charge >= 0.3 is 0 Å². The number of hydrogen-bond donors (Lipinski definition) is 1. The van der Waals surface area contributed by atoms with E-state index in [4.69, 9.17) is 11.0 Å². The Kier molecular flexibility index (Phi) is 2.30. The Hall–Kier alpha value is -2.02. The van der Waals surface area contributed by atoms with Gasteiger partial charge in [-0.05, 0) is 24.6 Å². The van der Waals surface area contributed by atoms with Crippen molar-refractivity contribution in [2.75, 3.05) is 5.73 Å². The van der Waals surface area contributed by atoms with Gasteiger partial charge in [0.2, 0.25) is 0 Å². The van der Waals surface area contributed by atoms with Gasteiger partial charge in [0.1, 0.15) is 6.54 Å². The van der Waals surface area contributed by atoms with Crippen molar-refractivity contribution in [1.82, 2.24) is 9.78 Å². The summed E-state index contributed by atoms with van der Waals surface area (Å²) in [6, 6.07) is 7.78. The minimum absolute atomic E-state index is 0.264. The zero-order valence-electron chi connectivity index (χ0n) is 8.57. The molecular formula is C11H12N4. The van der Waals surface area contributed by atoms with E-state index in [0.29, 0.717) is 5.69 Å². The molecule has 4 heteroatoms. The van der Waals surface area contributed by atoms with Crippen LogP contribution in [-0.4, -0.2) is 9.78 Å². The van der Waals surface area contributed by atoms with Gasteiger partial charge in [-0.2, -0.15) is 10.4 Å². The maximum atomic E-state index is 8.69. The van der Waals surface area contributed by atoms with Crippen LogP contribution in [0.4, 0.5) is 5.69 Å². The standard InChI is InChI=1S/C11H12N4/c1-2-10-9-4-3-8(13)7-11(9)15(14-10)6-5-12/h3-4,7H,2,6,13H2,1H3. The lowest BCUT2D eigenvalue weighted by Gasteiger charge is -1.97. The van der Waals surface area contributed by atoms with Crippen molar-refractivity contribution < 1.29 is 0 Å². The summed E-state index contributed by atoms with van der Waals surface area (Å²) in [5.41, 5.74) is 8.37. The molecule has 15 heavy (non-hydrogen) atoms. The number of hydrogen-bond acceptors (Lipinski definition) is 3. The van der Waals surface area contributed by atoms with Crippen LogP contribution in [0.1, 0.15) is 12.6 Å². The summed E-state index contributed by atoms with van der Waals surface area (Å²) in [4.78, 5) is 0. The maximum absolute atomic E-state index is 8.69. The van der Waals surface area contributed by atoms with E-state index in [1.54, 1.807) is 4.68 Å². The molecule has 0 saturated carbocycles. The van der Waals surface area contributed by atoms with E-state index < -0.39 is 0 Å². The average Bonchev–Trinajstić information content (AvgIpc) is 2.57. The first-order chi connectivity index (χ1) is 7.26. The first-order valence-corrected chi connectivity index (χ1v) is 4.88. The highest BCUT2D eigenvalue weighted by Gasteiger charge is 2.08. The fourth-order valence-electron chi connectivity index (χ4n) is 1.71. The quantitative estimate of drug-likeness (QED) is 0.750. The van der Waals surface area contributed by atoms with Crippen LogP contribution in [0.15, 0.2) is 18.2 Å². The highest BCUT2D eigenvalue weighted by atomic mass is 15.3. The molecule has 1 aromatic heterocycles. The van der Waals surface area contributed by atoms with Crippen molar-refractivity contribution in [2.45, 2.75) is 19.9 Å². The lowest BCUT2D eigenvalue weighted by molar-refractivity contribution is 0.717. The molecule has 1 aromatic carbocycles. The third kappa shape index (κ3) is 1.52. The maximum Gasteiger partial charge on any atom is 0.128 e. The molecule has 0 radical (unpaired) electrons.